The molecule has 220 valence electrons. The number of rotatable bonds is 5. The first-order valence-corrected chi connectivity index (χ1v) is 15.1. The first-order chi connectivity index (χ1) is 20.2. The summed E-state index contributed by atoms with van der Waals surface area (Å²) in [4.78, 5) is 43.6. The fourth-order valence-electron chi connectivity index (χ4n) is 7.21. The number of anilines is 2. The number of carbonyl (C=O) groups is 2. The van der Waals surface area contributed by atoms with Crippen molar-refractivity contribution in [1.82, 2.24) is 9.47 Å². The largest absolute Gasteiger partial charge is 0.369 e. The number of amides is 2. The van der Waals surface area contributed by atoms with Gasteiger partial charge in [0.1, 0.15) is 5.82 Å². The van der Waals surface area contributed by atoms with Gasteiger partial charge in [-0.15, -0.1) is 0 Å². The standard InChI is InChI=1S/C33H36ClFN4O3/c1-20-11-21(2)16-38(15-20)33(42)23-9-10-30(28(13-23)36-31(40)14-25-26(34)5-3-6-27(25)35)37-17-22-12-24(19-37)29-7-4-8-32(41)39(29)18-22/h3-10,13,20-22,24H,11-12,14-19H2,1-2H3,(H,36,40)/t20-,21-,22-,24+/m1/s1. The van der Waals surface area contributed by atoms with Crippen LogP contribution in [0.4, 0.5) is 15.8 Å². The zero-order valence-electron chi connectivity index (χ0n) is 24.0. The lowest BCUT2D eigenvalue weighted by atomic mass is 9.83. The van der Waals surface area contributed by atoms with Crippen LogP contribution in [-0.4, -0.2) is 47.5 Å². The van der Waals surface area contributed by atoms with Crippen molar-refractivity contribution in [2.45, 2.75) is 45.6 Å². The van der Waals surface area contributed by atoms with Crippen molar-refractivity contribution in [3.8, 4) is 0 Å². The van der Waals surface area contributed by atoms with Gasteiger partial charge < -0.3 is 19.7 Å². The van der Waals surface area contributed by atoms with Crippen LogP contribution in [-0.2, 0) is 17.8 Å². The molecule has 1 N–H and O–H groups in total. The van der Waals surface area contributed by atoms with Gasteiger partial charge in [0.25, 0.3) is 11.5 Å². The molecule has 9 heteroatoms. The van der Waals surface area contributed by atoms with E-state index < -0.39 is 11.7 Å². The normalized spacial score (nSPS) is 23.3. The average Bonchev–Trinajstić information content (AvgIpc) is 2.94. The Bertz CT molecular complexity index is 1560. The SMILES string of the molecule is C[C@@H]1C[C@@H](C)CN(C(=O)c2ccc(N3C[C@H]4C[C@@H](C3)c3cccc(=O)n3C4)c(NC(=O)Cc3c(F)cccc3Cl)c2)C1. The highest BCUT2D eigenvalue weighted by atomic mass is 35.5. The molecule has 0 aliphatic carbocycles. The molecule has 2 amide bonds. The highest BCUT2D eigenvalue weighted by molar-refractivity contribution is 6.31. The zero-order valence-corrected chi connectivity index (χ0v) is 24.7. The minimum atomic E-state index is -0.534. The molecule has 1 aromatic heterocycles. The molecule has 2 fully saturated rings. The van der Waals surface area contributed by atoms with E-state index >= 15 is 0 Å². The molecule has 6 rings (SSSR count). The number of nitrogens with zero attached hydrogens (tertiary/aromatic N) is 3. The summed E-state index contributed by atoms with van der Waals surface area (Å²) in [5.41, 5.74) is 3.02. The van der Waals surface area contributed by atoms with Crippen LogP contribution in [0.5, 0.6) is 0 Å². The summed E-state index contributed by atoms with van der Waals surface area (Å²) >= 11 is 6.21. The first kappa shape index (κ1) is 28.5. The van der Waals surface area contributed by atoms with Crippen molar-refractivity contribution < 1.29 is 14.0 Å². The number of aromatic nitrogens is 1. The Morgan fingerprint density at radius 3 is 2.48 bits per heavy atom. The van der Waals surface area contributed by atoms with Gasteiger partial charge in [-0.1, -0.05) is 37.6 Å². The van der Waals surface area contributed by atoms with Gasteiger partial charge in [-0.25, -0.2) is 4.39 Å². The quantitative estimate of drug-likeness (QED) is 0.422. The van der Waals surface area contributed by atoms with Crippen LogP contribution in [0, 0.1) is 23.6 Å². The van der Waals surface area contributed by atoms with Gasteiger partial charge in [0, 0.05) is 66.6 Å². The summed E-state index contributed by atoms with van der Waals surface area (Å²) in [7, 11) is 0. The monoisotopic (exact) mass is 590 g/mol. The van der Waals surface area contributed by atoms with Gasteiger partial charge >= 0.3 is 0 Å². The van der Waals surface area contributed by atoms with Gasteiger partial charge in [-0.05, 0) is 67.0 Å². The predicted molar refractivity (Wildman–Crippen MR) is 163 cm³/mol. The van der Waals surface area contributed by atoms with Crippen molar-refractivity contribution in [2.24, 2.45) is 17.8 Å². The minimum absolute atomic E-state index is 0.0274. The van der Waals surface area contributed by atoms with Gasteiger partial charge in [-0.3, -0.25) is 14.4 Å². The molecule has 7 nitrogen and oxygen atoms in total. The number of benzene rings is 2. The molecule has 0 saturated carbocycles. The summed E-state index contributed by atoms with van der Waals surface area (Å²) in [5.74, 6) is 0.278. The number of piperidine rings is 2. The van der Waals surface area contributed by atoms with Crippen LogP contribution in [0.15, 0.2) is 59.4 Å². The zero-order chi connectivity index (χ0) is 29.5. The fraction of sp³-hybridized carbons (Fsp3) is 0.424. The summed E-state index contributed by atoms with van der Waals surface area (Å²) in [6, 6.07) is 15.3. The highest BCUT2D eigenvalue weighted by Crippen LogP contribution is 2.39. The van der Waals surface area contributed by atoms with E-state index in [4.69, 9.17) is 11.6 Å². The third-order valence-corrected chi connectivity index (χ3v) is 9.25. The molecular formula is C33H36ClFN4O3. The second kappa shape index (κ2) is 11.6. The van der Waals surface area contributed by atoms with E-state index in [1.807, 2.05) is 33.7 Å². The van der Waals surface area contributed by atoms with E-state index in [0.717, 1.165) is 24.2 Å². The maximum atomic E-state index is 14.5. The summed E-state index contributed by atoms with van der Waals surface area (Å²) < 4.78 is 16.4. The number of carbonyl (C=O) groups excluding carboxylic acids is 2. The van der Waals surface area contributed by atoms with Crippen LogP contribution in [0.1, 0.15) is 54.2 Å². The number of halogens is 2. The molecule has 3 aromatic rings. The molecule has 0 radical (unpaired) electrons. The van der Waals surface area contributed by atoms with Crippen LogP contribution in [0.3, 0.4) is 0 Å². The number of fused-ring (bicyclic) bond motifs is 4. The van der Waals surface area contributed by atoms with E-state index in [9.17, 15) is 18.8 Å². The Hall–Kier alpha value is -3.65. The summed E-state index contributed by atoms with van der Waals surface area (Å²) in [6.07, 6.45) is 1.86. The summed E-state index contributed by atoms with van der Waals surface area (Å²) in [5, 5.41) is 3.18. The van der Waals surface area contributed by atoms with E-state index in [-0.39, 0.29) is 40.3 Å². The first-order valence-electron chi connectivity index (χ1n) is 14.8. The third-order valence-electron chi connectivity index (χ3n) is 8.89. The fourth-order valence-corrected chi connectivity index (χ4v) is 7.44. The number of likely N-dealkylation sites (tertiary alicyclic amines) is 1. The van der Waals surface area contributed by atoms with Gasteiger partial charge in [0.2, 0.25) is 5.91 Å². The van der Waals surface area contributed by atoms with Gasteiger partial charge in [0.15, 0.2) is 0 Å². The lowest BCUT2D eigenvalue weighted by Crippen LogP contribution is -2.47. The van der Waals surface area contributed by atoms with Crippen LogP contribution < -0.4 is 15.8 Å². The molecule has 3 aliphatic heterocycles. The minimum Gasteiger partial charge on any atom is -0.369 e. The van der Waals surface area contributed by atoms with Crippen LogP contribution in [0.25, 0.3) is 0 Å². The summed E-state index contributed by atoms with van der Waals surface area (Å²) in [6.45, 7) is 7.77. The van der Waals surface area contributed by atoms with Crippen molar-refractivity contribution in [3.05, 3.63) is 92.6 Å². The molecule has 4 heterocycles. The van der Waals surface area contributed by atoms with Crippen LogP contribution in [0.2, 0.25) is 5.02 Å². The Labute approximate surface area is 250 Å². The Morgan fingerprint density at radius 2 is 1.71 bits per heavy atom. The predicted octanol–water partition coefficient (Wildman–Crippen LogP) is 5.56. The Morgan fingerprint density at radius 1 is 0.952 bits per heavy atom. The van der Waals surface area contributed by atoms with E-state index in [1.165, 1.54) is 12.1 Å². The number of nitrogens with one attached hydrogen (secondary N) is 1. The van der Waals surface area contributed by atoms with E-state index in [0.29, 0.717) is 55.8 Å². The average molecular weight is 591 g/mol. The molecule has 2 bridgehead atoms. The number of hydrogen-bond donors (Lipinski definition) is 1. The van der Waals surface area contributed by atoms with Gasteiger partial charge in [-0.2, -0.15) is 0 Å². The van der Waals surface area contributed by atoms with Crippen molar-refractivity contribution in [3.63, 3.8) is 0 Å². The number of pyridine rings is 1. The molecule has 42 heavy (non-hydrogen) atoms. The third kappa shape index (κ3) is 5.69. The Balaban J connectivity index is 1.32. The maximum Gasteiger partial charge on any atom is 0.253 e. The van der Waals surface area contributed by atoms with E-state index in [1.54, 1.807) is 18.2 Å². The van der Waals surface area contributed by atoms with Crippen molar-refractivity contribution in [1.29, 1.82) is 0 Å². The molecule has 0 unspecified atom stereocenters. The second-order valence-corrected chi connectivity index (χ2v) is 12.8. The molecule has 4 atom stereocenters. The second-order valence-electron chi connectivity index (χ2n) is 12.4. The van der Waals surface area contributed by atoms with Gasteiger partial charge in [0.05, 0.1) is 17.8 Å². The highest BCUT2D eigenvalue weighted by Gasteiger charge is 2.36. The van der Waals surface area contributed by atoms with Crippen molar-refractivity contribution in [2.75, 3.05) is 36.4 Å². The Kier molecular flexibility index (Phi) is 7.83. The maximum absolute atomic E-state index is 14.5. The molecular weight excluding hydrogens is 555 g/mol. The topological polar surface area (TPSA) is 74.7 Å². The van der Waals surface area contributed by atoms with Crippen LogP contribution >= 0.6 is 11.6 Å². The smallest absolute Gasteiger partial charge is 0.253 e. The number of hydrogen-bond acceptors (Lipinski definition) is 4. The molecule has 2 aromatic carbocycles. The molecule has 0 spiro atoms. The lowest BCUT2D eigenvalue weighted by molar-refractivity contribution is -0.115. The van der Waals surface area contributed by atoms with Crippen molar-refractivity contribution >= 4 is 34.8 Å². The molecule has 2 saturated heterocycles. The van der Waals surface area contributed by atoms with E-state index in [2.05, 4.69) is 24.1 Å². The lowest BCUT2D eigenvalue weighted by Gasteiger charge is -2.44. The molecule has 3 aliphatic rings.